The van der Waals surface area contributed by atoms with Gasteiger partial charge in [0, 0.05) is 30.4 Å². The highest BCUT2D eigenvalue weighted by atomic mass is 35.5. The number of hydrogen-bond acceptors (Lipinski definition) is 2. The van der Waals surface area contributed by atoms with Gasteiger partial charge in [0.2, 0.25) is 0 Å². The summed E-state index contributed by atoms with van der Waals surface area (Å²) < 4.78 is 2.35. The number of aryl methyl sites for hydroxylation is 3. The average Bonchev–Trinajstić information content (AvgIpc) is 2.78. The minimum absolute atomic E-state index is 0. The first kappa shape index (κ1) is 17.4. The smallest absolute Gasteiger partial charge is 0.150 e. The Labute approximate surface area is 144 Å². The third-order valence-corrected chi connectivity index (χ3v) is 4.57. The van der Waals surface area contributed by atoms with E-state index in [0.717, 1.165) is 18.9 Å². The number of rotatable bonds is 4. The zero-order chi connectivity index (χ0) is 15.7. The van der Waals surface area contributed by atoms with E-state index in [1.54, 1.807) is 0 Å². The van der Waals surface area contributed by atoms with E-state index < -0.39 is 0 Å². The van der Waals surface area contributed by atoms with Crippen LogP contribution in [0, 0.1) is 20.8 Å². The second-order valence-electron chi connectivity index (χ2n) is 5.79. The zero-order valence-electron chi connectivity index (χ0n) is 14.2. The molecule has 0 bridgehead atoms. The van der Waals surface area contributed by atoms with Crippen molar-refractivity contribution in [1.29, 1.82) is 0 Å². The Bertz CT molecular complexity index is 821. The van der Waals surface area contributed by atoms with Gasteiger partial charge in [0.05, 0.1) is 5.52 Å². The maximum absolute atomic E-state index is 4.58. The van der Waals surface area contributed by atoms with Crippen molar-refractivity contribution in [3.63, 3.8) is 0 Å². The standard InChI is InChI=1S/C19H23N3.ClH/c1-5-22-15(4)14(3)17-10-11-20-19(18(17)22)21-12-16-9-7-6-8-13(16)2;/h6-11H,5,12H2,1-4H3,(H,20,21);1H. The normalized spacial score (nSPS) is 10.6. The van der Waals surface area contributed by atoms with Crippen molar-refractivity contribution in [2.45, 2.75) is 40.8 Å². The second kappa shape index (κ2) is 7.05. The van der Waals surface area contributed by atoms with E-state index in [9.17, 15) is 0 Å². The first-order chi connectivity index (χ1) is 10.6. The number of nitrogens with zero attached hydrogens (tertiary/aromatic N) is 2. The molecule has 1 N–H and O–H groups in total. The van der Waals surface area contributed by atoms with Crippen LogP contribution in [0.25, 0.3) is 10.9 Å². The highest BCUT2D eigenvalue weighted by Crippen LogP contribution is 2.29. The van der Waals surface area contributed by atoms with E-state index in [1.807, 2.05) is 6.20 Å². The summed E-state index contributed by atoms with van der Waals surface area (Å²) in [6.07, 6.45) is 1.90. The van der Waals surface area contributed by atoms with Crippen LogP contribution in [-0.4, -0.2) is 9.55 Å². The first-order valence-corrected chi connectivity index (χ1v) is 7.86. The van der Waals surface area contributed by atoms with Gasteiger partial charge in [0.15, 0.2) is 5.82 Å². The average molecular weight is 330 g/mol. The summed E-state index contributed by atoms with van der Waals surface area (Å²) in [5.41, 5.74) is 6.50. The number of benzene rings is 1. The lowest BCUT2D eigenvalue weighted by atomic mass is 10.1. The van der Waals surface area contributed by atoms with Gasteiger partial charge in [-0.15, -0.1) is 12.4 Å². The molecule has 2 heterocycles. The van der Waals surface area contributed by atoms with Crippen LogP contribution in [0.1, 0.15) is 29.3 Å². The molecule has 23 heavy (non-hydrogen) atoms. The number of pyridine rings is 1. The van der Waals surface area contributed by atoms with Gasteiger partial charge in [-0.05, 0) is 50.5 Å². The van der Waals surface area contributed by atoms with Gasteiger partial charge in [-0.1, -0.05) is 24.3 Å². The molecule has 122 valence electrons. The molecule has 0 radical (unpaired) electrons. The quantitative estimate of drug-likeness (QED) is 0.728. The molecule has 0 amide bonds. The third kappa shape index (κ3) is 3.06. The molecule has 0 aliphatic rings. The van der Waals surface area contributed by atoms with Crippen LogP contribution in [0.5, 0.6) is 0 Å². The van der Waals surface area contributed by atoms with Gasteiger partial charge in [-0.25, -0.2) is 4.98 Å². The van der Waals surface area contributed by atoms with Crippen molar-refractivity contribution < 1.29 is 0 Å². The van der Waals surface area contributed by atoms with Gasteiger partial charge in [-0.3, -0.25) is 0 Å². The van der Waals surface area contributed by atoms with Crippen LogP contribution < -0.4 is 5.32 Å². The van der Waals surface area contributed by atoms with Crippen molar-refractivity contribution >= 4 is 29.1 Å². The first-order valence-electron chi connectivity index (χ1n) is 7.86. The van der Waals surface area contributed by atoms with Crippen LogP contribution in [0.2, 0.25) is 0 Å². The van der Waals surface area contributed by atoms with E-state index in [0.29, 0.717) is 0 Å². The molecule has 3 aromatic rings. The summed E-state index contributed by atoms with van der Waals surface area (Å²) >= 11 is 0. The molecule has 0 aliphatic carbocycles. The Morgan fingerprint density at radius 1 is 1.09 bits per heavy atom. The Balaban J connectivity index is 0.00000192. The fourth-order valence-electron chi connectivity index (χ4n) is 3.11. The fraction of sp³-hybridized carbons (Fsp3) is 0.316. The van der Waals surface area contributed by atoms with Crippen molar-refractivity contribution in [2.24, 2.45) is 0 Å². The van der Waals surface area contributed by atoms with Gasteiger partial charge in [-0.2, -0.15) is 0 Å². The van der Waals surface area contributed by atoms with Gasteiger partial charge < -0.3 is 9.88 Å². The monoisotopic (exact) mass is 329 g/mol. The summed E-state index contributed by atoms with van der Waals surface area (Å²) in [6.45, 7) is 10.5. The van der Waals surface area contributed by atoms with Crippen LogP contribution in [0.15, 0.2) is 36.5 Å². The summed E-state index contributed by atoms with van der Waals surface area (Å²) in [5.74, 6) is 0.971. The van der Waals surface area contributed by atoms with Crippen molar-refractivity contribution in [3.05, 3.63) is 58.9 Å². The molecule has 0 saturated carbocycles. The number of aromatic nitrogens is 2. The third-order valence-electron chi connectivity index (χ3n) is 4.57. The molecule has 2 aromatic heterocycles. The lowest BCUT2D eigenvalue weighted by molar-refractivity contribution is 0.765. The van der Waals surface area contributed by atoms with E-state index >= 15 is 0 Å². The molecule has 0 spiro atoms. The van der Waals surface area contributed by atoms with Crippen LogP contribution in [0.3, 0.4) is 0 Å². The molecule has 4 heteroatoms. The van der Waals surface area contributed by atoms with Gasteiger partial charge in [0.25, 0.3) is 0 Å². The number of fused-ring (bicyclic) bond motifs is 1. The lowest BCUT2D eigenvalue weighted by Crippen LogP contribution is -2.06. The minimum Gasteiger partial charge on any atom is -0.364 e. The van der Waals surface area contributed by atoms with E-state index in [2.05, 4.69) is 72.9 Å². The Hall–Kier alpha value is -2.00. The molecule has 0 fully saturated rings. The fourth-order valence-corrected chi connectivity index (χ4v) is 3.11. The van der Waals surface area contributed by atoms with E-state index in [-0.39, 0.29) is 12.4 Å². The molecule has 1 aromatic carbocycles. The molecule has 0 saturated heterocycles. The van der Waals surface area contributed by atoms with Gasteiger partial charge in [0.1, 0.15) is 0 Å². The van der Waals surface area contributed by atoms with Crippen molar-refractivity contribution in [2.75, 3.05) is 5.32 Å². The number of halogens is 1. The molecule has 0 aliphatic heterocycles. The number of nitrogens with one attached hydrogen (secondary N) is 1. The Morgan fingerprint density at radius 2 is 1.83 bits per heavy atom. The summed E-state index contributed by atoms with van der Waals surface area (Å²) in [6, 6.07) is 10.6. The topological polar surface area (TPSA) is 29.9 Å². The van der Waals surface area contributed by atoms with Crippen LogP contribution in [-0.2, 0) is 13.1 Å². The SMILES string of the molecule is CCn1c(C)c(C)c2ccnc(NCc3ccccc3C)c21.Cl. The summed E-state index contributed by atoms with van der Waals surface area (Å²) in [4.78, 5) is 4.58. The number of anilines is 1. The van der Waals surface area contributed by atoms with E-state index in [1.165, 1.54) is 33.3 Å². The highest BCUT2D eigenvalue weighted by molar-refractivity contribution is 5.93. The largest absolute Gasteiger partial charge is 0.364 e. The summed E-state index contributed by atoms with van der Waals surface area (Å²) in [5, 5.41) is 4.82. The maximum Gasteiger partial charge on any atom is 0.150 e. The predicted molar refractivity (Wildman–Crippen MR) is 101 cm³/mol. The Morgan fingerprint density at radius 3 is 2.52 bits per heavy atom. The molecule has 3 nitrogen and oxygen atoms in total. The zero-order valence-corrected chi connectivity index (χ0v) is 15.0. The highest BCUT2D eigenvalue weighted by Gasteiger charge is 2.14. The van der Waals surface area contributed by atoms with E-state index in [4.69, 9.17) is 0 Å². The summed E-state index contributed by atoms with van der Waals surface area (Å²) in [7, 11) is 0. The second-order valence-corrected chi connectivity index (χ2v) is 5.79. The molecular weight excluding hydrogens is 306 g/mol. The number of hydrogen-bond donors (Lipinski definition) is 1. The molecular formula is C19H24ClN3. The van der Waals surface area contributed by atoms with Crippen LogP contribution in [0.4, 0.5) is 5.82 Å². The molecule has 3 rings (SSSR count). The van der Waals surface area contributed by atoms with Crippen LogP contribution >= 0.6 is 12.4 Å². The molecule has 0 unspecified atom stereocenters. The Kier molecular flexibility index (Phi) is 5.32. The lowest BCUT2D eigenvalue weighted by Gasteiger charge is -2.12. The van der Waals surface area contributed by atoms with Gasteiger partial charge >= 0.3 is 0 Å². The predicted octanol–water partition coefficient (Wildman–Crippen LogP) is 5.02. The van der Waals surface area contributed by atoms with Crippen molar-refractivity contribution in [3.8, 4) is 0 Å². The van der Waals surface area contributed by atoms with Crippen molar-refractivity contribution in [1.82, 2.24) is 9.55 Å². The minimum atomic E-state index is 0. The maximum atomic E-state index is 4.58. The molecule has 0 atom stereocenters.